The van der Waals surface area contributed by atoms with Gasteiger partial charge in [-0.2, -0.15) is 0 Å². The van der Waals surface area contributed by atoms with Gasteiger partial charge in [-0.05, 0) is 29.3 Å². The quantitative estimate of drug-likeness (QED) is 0.332. The topological polar surface area (TPSA) is 103 Å². The number of hydrogen-bond donors (Lipinski definition) is 2. The molecule has 1 atom stereocenters. The van der Waals surface area contributed by atoms with Gasteiger partial charge in [-0.25, -0.2) is 9.59 Å². The van der Waals surface area contributed by atoms with E-state index in [1.165, 1.54) is 39.7 Å². The molecule has 0 fully saturated rings. The molecule has 0 radical (unpaired) electrons. The molecule has 2 aromatic rings. The number of carboxylic acids is 1. The minimum absolute atomic E-state index is 0.0194. The summed E-state index contributed by atoms with van der Waals surface area (Å²) in [6, 6.07) is 12.5. The third-order valence-corrected chi connectivity index (χ3v) is 5.94. The maximum atomic E-state index is 13.4. The minimum Gasteiger partial charge on any atom is -0.494 e. The first kappa shape index (κ1) is 27.3. The summed E-state index contributed by atoms with van der Waals surface area (Å²) in [5.41, 5.74) is 1.32. The highest BCUT2D eigenvalue weighted by Crippen LogP contribution is 2.43. The third kappa shape index (κ3) is 6.09. The van der Waals surface area contributed by atoms with Gasteiger partial charge in [-0.1, -0.05) is 59.6 Å². The molecule has 3 rings (SSSR count). The number of carbonyl (C=O) groups excluding carboxylic acids is 1. The van der Waals surface area contributed by atoms with Crippen LogP contribution in [0.15, 0.2) is 71.6 Å². The zero-order valence-corrected chi connectivity index (χ0v) is 21.3. The van der Waals surface area contributed by atoms with Crippen molar-refractivity contribution >= 4 is 41.2 Å². The Bertz CT molecular complexity index is 1180. The predicted molar refractivity (Wildman–Crippen MR) is 136 cm³/mol. The van der Waals surface area contributed by atoms with Crippen molar-refractivity contribution in [2.24, 2.45) is 0 Å². The summed E-state index contributed by atoms with van der Waals surface area (Å²) in [6.45, 7) is -0.0574. The van der Waals surface area contributed by atoms with E-state index in [0.717, 1.165) is 5.56 Å². The van der Waals surface area contributed by atoms with Gasteiger partial charge in [0, 0.05) is 20.4 Å². The summed E-state index contributed by atoms with van der Waals surface area (Å²) < 4.78 is 21.4. The molecule has 36 heavy (non-hydrogen) atoms. The SMILES string of the molecule is COc1c(Cl)cc(C2C(C(=O)O)=CNC(C(OC)OC)=C2C(=O)OC/C=C/c2ccccc2)cc1Cl. The number of nitrogens with one attached hydrogen (secondary N) is 1. The largest absolute Gasteiger partial charge is 0.494 e. The fraction of sp³-hybridized carbons (Fsp3) is 0.231. The maximum absolute atomic E-state index is 13.4. The van der Waals surface area contributed by atoms with Crippen LogP contribution in [0.3, 0.4) is 0 Å². The van der Waals surface area contributed by atoms with E-state index < -0.39 is 24.1 Å². The highest BCUT2D eigenvalue weighted by molar-refractivity contribution is 6.37. The van der Waals surface area contributed by atoms with Gasteiger partial charge < -0.3 is 29.4 Å². The molecule has 2 N–H and O–H groups in total. The lowest BCUT2D eigenvalue weighted by molar-refractivity contribution is -0.139. The number of dihydropyridines is 1. The molecule has 1 aliphatic heterocycles. The average Bonchev–Trinajstić information content (AvgIpc) is 2.87. The number of carboxylic acid groups (broad SMARTS) is 1. The molecule has 1 aliphatic rings. The molecule has 1 heterocycles. The van der Waals surface area contributed by atoms with Crippen molar-refractivity contribution in [1.29, 1.82) is 0 Å². The monoisotopic (exact) mass is 533 g/mol. The van der Waals surface area contributed by atoms with Gasteiger partial charge in [-0.15, -0.1) is 0 Å². The summed E-state index contributed by atoms with van der Waals surface area (Å²) in [7, 11) is 4.19. The molecule has 2 aromatic carbocycles. The van der Waals surface area contributed by atoms with Gasteiger partial charge in [-0.3, -0.25) is 0 Å². The Morgan fingerprint density at radius 2 is 1.72 bits per heavy atom. The lowest BCUT2D eigenvalue weighted by Crippen LogP contribution is -2.36. The molecular formula is C26H25Cl2NO7. The summed E-state index contributed by atoms with van der Waals surface area (Å²) >= 11 is 12.7. The van der Waals surface area contributed by atoms with E-state index in [4.69, 9.17) is 42.1 Å². The average molecular weight is 534 g/mol. The Morgan fingerprint density at radius 3 is 2.28 bits per heavy atom. The Morgan fingerprint density at radius 1 is 1.08 bits per heavy atom. The molecule has 0 spiro atoms. The summed E-state index contributed by atoms with van der Waals surface area (Å²) in [5, 5.41) is 13.1. The number of benzene rings is 2. The Labute approximate surface area is 218 Å². The third-order valence-electron chi connectivity index (χ3n) is 5.38. The molecule has 0 bridgehead atoms. The number of esters is 1. The number of rotatable bonds is 10. The van der Waals surface area contributed by atoms with Gasteiger partial charge in [0.15, 0.2) is 12.0 Å². The fourth-order valence-corrected chi connectivity index (χ4v) is 4.46. The van der Waals surface area contributed by atoms with Gasteiger partial charge in [0.2, 0.25) is 0 Å². The number of hydrogen-bond acceptors (Lipinski definition) is 7. The van der Waals surface area contributed by atoms with Crippen LogP contribution in [0, 0.1) is 0 Å². The standard InChI is InChI=1S/C26H25Cl2NO7/c1-33-23-18(27)12-16(13-19(23)28)20-17(24(30)31)14-29-22(26(34-2)35-3)21(20)25(32)36-11-7-10-15-8-5-4-6-9-15/h4-10,12-14,20,26,29H,11H2,1-3H3,(H,30,31)/b10-7+. The van der Waals surface area contributed by atoms with Crippen molar-refractivity contribution in [2.75, 3.05) is 27.9 Å². The summed E-state index contributed by atoms with van der Waals surface area (Å²) in [4.78, 5) is 25.6. The zero-order valence-electron chi connectivity index (χ0n) is 19.8. The number of aliphatic carboxylic acids is 1. The molecule has 8 nitrogen and oxygen atoms in total. The van der Waals surface area contributed by atoms with Crippen LogP contribution in [0.2, 0.25) is 10.0 Å². The summed E-state index contributed by atoms with van der Waals surface area (Å²) in [5.74, 6) is -2.90. The fourth-order valence-electron chi connectivity index (χ4n) is 3.80. The highest BCUT2D eigenvalue weighted by Gasteiger charge is 2.39. The number of halogens is 2. The van der Waals surface area contributed by atoms with Gasteiger partial charge in [0.25, 0.3) is 0 Å². The molecule has 0 amide bonds. The van der Waals surface area contributed by atoms with Crippen LogP contribution in [0.1, 0.15) is 17.0 Å². The van der Waals surface area contributed by atoms with E-state index in [-0.39, 0.29) is 39.2 Å². The Kier molecular flexibility index (Phi) is 9.55. The van der Waals surface area contributed by atoms with Crippen molar-refractivity contribution in [3.8, 4) is 5.75 Å². The highest BCUT2D eigenvalue weighted by atomic mass is 35.5. The van der Waals surface area contributed by atoms with Gasteiger partial charge in [0.1, 0.15) is 6.61 Å². The van der Waals surface area contributed by atoms with E-state index in [2.05, 4.69) is 5.32 Å². The van der Waals surface area contributed by atoms with E-state index in [0.29, 0.717) is 5.56 Å². The molecular weight excluding hydrogens is 509 g/mol. The lowest BCUT2D eigenvalue weighted by Gasteiger charge is -2.30. The van der Waals surface area contributed by atoms with Crippen molar-refractivity contribution in [3.63, 3.8) is 0 Å². The first-order valence-electron chi connectivity index (χ1n) is 10.7. The number of ether oxygens (including phenoxy) is 4. The second-order valence-electron chi connectivity index (χ2n) is 7.54. The van der Waals surface area contributed by atoms with Crippen molar-refractivity contribution in [3.05, 3.63) is 92.8 Å². The van der Waals surface area contributed by atoms with Crippen LogP contribution >= 0.6 is 23.2 Å². The van der Waals surface area contributed by atoms with Crippen molar-refractivity contribution in [2.45, 2.75) is 12.2 Å². The second-order valence-corrected chi connectivity index (χ2v) is 8.36. The number of methoxy groups -OCH3 is 3. The van der Waals surface area contributed by atoms with E-state index in [9.17, 15) is 14.7 Å². The van der Waals surface area contributed by atoms with Crippen LogP contribution in [-0.4, -0.2) is 51.3 Å². The van der Waals surface area contributed by atoms with Gasteiger partial charge >= 0.3 is 11.9 Å². The zero-order chi connectivity index (χ0) is 26.2. The van der Waals surface area contributed by atoms with Crippen LogP contribution in [-0.2, 0) is 23.8 Å². The second kappa shape index (κ2) is 12.6. The van der Waals surface area contributed by atoms with Gasteiger partial charge in [0.05, 0.1) is 39.9 Å². The molecule has 0 saturated carbocycles. The normalized spacial score (nSPS) is 15.6. The molecule has 190 valence electrons. The first-order chi connectivity index (χ1) is 17.3. The van der Waals surface area contributed by atoms with Crippen molar-refractivity contribution < 1.29 is 33.6 Å². The van der Waals surface area contributed by atoms with E-state index >= 15 is 0 Å². The molecule has 0 aromatic heterocycles. The van der Waals surface area contributed by atoms with Crippen molar-refractivity contribution in [1.82, 2.24) is 5.32 Å². The number of carbonyl (C=O) groups is 2. The molecule has 10 heteroatoms. The molecule has 1 unspecified atom stereocenters. The predicted octanol–water partition coefficient (Wildman–Crippen LogP) is 4.79. The maximum Gasteiger partial charge on any atom is 0.337 e. The van der Waals surface area contributed by atoms with E-state index in [1.807, 2.05) is 30.3 Å². The van der Waals surface area contributed by atoms with Crippen LogP contribution in [0.25, 0.3) is 6.08 Å². The Hall–Kier alpha value is -3.30. The molecule has 0 saturated heterocycles. The van der Waals surface area contributed by atoms with Crippen LogP contribution in [0.4, 0.5) is 0 Å². The van der Waals surface area contributed by atoms with E-state index in [1.54, 1.807) is 12.2 Å². The Balaban J connectivity index is 2.05. The van der Waals surface area contributed by atoms with Crippen LogP contribution < -0.4 is 10.1 Å². The first-order valence-corrected chi connectivity index (χ1v) is 11.5. The lowest BCUT2D eigenvalue weighted by atomic mass is 9.81. The summed E-state index contributed by atoms with van der Waals surface area (Å²) in [6.07, 6.45) is 3.74. The minimum atomic E-state index is -1.25. The molecule has 0 aliphatic carbocycles. The van der Waals surface area contributed by atoms with Crippen LogP contribution in [0.5, 0.6) is 5.75 Å². The smallest absolute Gasteiger partial charge is 0.337 e.